The standard InChI is InChI=1S/C10H17ClO6/c1-5(2-11)3-16-4-6-7(12)8(13)9(14)10(15)17-6/h6-10,12-15H,1-4H2/t6-,7+,8+,9-,10+/m1/s1. The molecule has 0 bridgehead atoms. The summed E-state index contributed by atoms with van der Waals surface area (Å²) < 4.78 is 10.1. The van der Waals surface area contributed by atoms with Crippen LogP contribution in [0.1, 0.15) is 0 Å². The van der Waals surface area contributed by atoms with Crippen molar-refractivity contribution < 1.29 is 29.9 Å². The molecule has 0 radical (unpaired) electrons. The van der Waals surface area contributed by atoms with Crippen molar-refractivity contribution in [1.82, 2.24) is 0 Å². The lowest BCUT2D eigenvalue weighted by Gasteiger charge is -2.38. The van der Waals surface area contributed by atoms with Crippen LogP contribution in [0.2, 0.25) is 0 Å². The Morgan fingerprint density at radius 1 is 1.18 bits per heavy atom. The molecule has 0 aliphatic carbocycles. The van der Waals surface area contributed by atoms with Crippen molar-refractivity contribution in [3.05, 3.63) is 12.2 Å². The maximum atomic E-state index is 9.57. The van der Waals surface area contributed by atoms with E-state index in [2.05, 4.69) is 6.58 Å². The molecule has 0 aromatic heterocycles. The largest absolute Gasteiger partial charge is 0.387 e. The minimum absolute atomic E-state index is 0.0437. The van der Waals surface area contributed by atoms with Crippen LogP contribution in [0.25, 0.3) is 0 Å². The van der Waals surface area contributed by atoms with E-state index in [1.54, 1.807) is 0 Å². The SMILES string of the molecule is C=C(CCl)COC[C@H]1O[C@H](O)[C@H](O)[C@@H](O)[C@H]1O. The quantitative estimate of drug-likeness (QED) is 0.361. The van der Waals surface area contributed by atoms with E-state index in [9.17, 15) is 20.4 Å². The summed E-state index contributed by atoms with van der Waals surface area (Å²) >= 11 is 5.49. The highest BCUT2D eigenvalue weighted by atomic mass is 35.5. The monoisotopic (exact) mass is 268 g/mol. The number of rotatable bonds is 5. The van der Waals surface area contributed by atoms with Crippen molar-refractivity contribution in [2.24, 2.45) is 0 Å². The minimum atomic E-state index is -1.54. The fourth-order valence-corrected chi connectivity index (χ4v) is 1.50. The molecule has 1 heterocycles. The number of hydrogen-bond donors (Lipinski definition) is 4. The van der Waals surface area contributed by atoms with Gasteiger partial charge in [-0.3, -0.25) is 0 Å². The van der Waals surface area contributed by atoms with Gasteiger partial charge in [0.05, 0.1) is 13.2 Å². The summed E-state index contributed by atoms with van der Waals surface area (Å²) in [6, 6.07) is 0. The lowest BCUT2D eigenvalue weighted by Crippen LogP contribution is -2.58. The average Bonchev–Trinajstić information content (AvgIpc) is 2.32. The summed E-state index contributed by atoms with van der Waals surface area (Å²) in [4.78, 5) is 0. The van der Waals surface area contributed by atoms with Crippen LogP contribution in [0.15, 0.2) is 12.2 Å². The lowest BCUT2D eigenvalue weighted by atomic mass is 9.99. The van der Waals surface area contributed by atoms with Gasteiger partial charge >= 0.3 is 0 Å². The zero-order valence-electron chi connectivity index (χ0n) is 9.20. The van der Waals surface area contributed by atoms with Crippen LogP contribution in [0, 0.1) is 0 Å². The molecule has 17 heavy (non-hydrogen) atoms. The minimum Gasteiger partial charge on any atom is -0.387 e. The third kappa shape index (κ3) is 3.89. The molecule has 1 aliphatic heterocycles. The van der Waals surface area contributed by atoms with Gasteiger partial charge in [0.1, 0.15) is 24.4 Å². The van der Waals surface area contributed by atoms with Crippen LogP contribution in [-0.2, 0) is 9.47 Å². The third-order valence-corrected chi connectivity index (χ3v) is 2.84. The van der Waals surface area contributed by atoms with E-state index >= 15 is 0 Å². The summed E-state index contributed by atoms with van der Waals surface area (Å²) in [6.07, 6.45) is -6.77. The fourth-order valence-electron chi connectivity index (χ4n) is 1.43. The number of halogens is 1. The van der Waals surface area contributed by atoms with Crippen molar-refractivity contribution in [2.75, 3.05) is 19.1 Å². The highest BCUT2D eigenvalue weighted by Crippen LogP contribution is 2.20. The van der Waals surface area contributed by atoms with Crippen LogP contribution in [0.3, 0.4) is 0 Å². The van der Waals surface area contributed by atoms with Gasteiger partial charge in [0, 0.05) is 5.88 Å². The van der Waals surface area contributed by atoms with Gasteiger partial charge in [-0.25, -0.2) is 0 Å². The van der Waals surface area contributed by atoms with E-state index in [4.69, 9.17) is 21.1 Å². The highest BCUT2D eigenvalue weighted by Gasteiger charge is 2.42. The molecular formula is C10H17ClO6. The molecule has 0 unspecified atom stereocenters. The predicted molar refractivity (Wildman–Crippen MR) is 59.6 cm³/mol. The Bertz CT molecular complexity index is 261. The molecule has 1 fully saturated rings. The van der Waals surface area contributed by atoms with Crippen molar-refractivity contribution in [2.45, 2.75) is 30.7 Å². The maximum Gasteiger partial charge on any atom is 0.184 e. The third-order valence-electron chi connectivity index (χ3n) is 2.46. The van der Waals surface area contributed by atoms with Gasteiger partial charge in [-0.1, -0.05) is 6.58 Å². The Kier molecular flexibility index (Phi) is 5.81. The first-order valence-electron chi connectivity index (χ1n) is 5.15. The summed E-state index contributed by atoms with van der Waals surface area (Å²) in [6.45, 7) is 3.77. The fraction of sp³-hybridized carbons (Fsp3) is 0.800. The van der Waals surface area contributed by atoms with Crippen molar-refractivity contribution >= 4 is 11.6 Å². The molecule has 1 aliphatic rings. The number of aliphatic hydroxyl groups excluding tert-OH is 4. The number of alkyl halides is 1. The molecule has 0 saturated carbocycles. The Labute approximate surface area is 104 Å². The van der Waals surface area contributed by atoms with E-state index in [-0.39, 0.29) is 19.1 Å². The van der Waals surface area contributed by atoms with E-state index in [0.717, 1.165) is 0 Å². The number of aliphatic hydroxyl groups is 4. The molecule has 5 atom stereocenters. The smallest absolute Gasteiger partial charge is 0.184 e. The van der Waals surface area contributed by atoms with Crippen molar-refractivity contribution in [3.63, 3.8) is 0 Å². The molecule has 7 heteroatoms. The van der Waals surface area contributed by atoms with Crippen LogP contribution in [0.4, 0.5) is 0 Å². The number of hydrogen-bond acceptors (Lipinski definition) is 6. The molecule has 0 spiro atoms. The average molecular weight is 269 g/mol. The second-order valence-electron chi connectivity index (χ2n) is 3.94. The second-order valence-corrected chi connectivity index (χ2v) is 4.20. The number of ether oxygens (including phenoxy) is 2. The topological polar surface area (TPSA) is 99.4 Å². The molecule has 0 aromatic rings. The first kappa shape index (κ1) is 14.8. The predicted octanol–water partition coefficient (Wildman–Crippen LogP) is -1.40. The van der Waals surface area contributed by atoms with Crippen LogP contribution >= 0.6 is 11.6 Å². The normalized spacial score (nSPS) is 38.1. The van der Waals surface area contributed by atoms with Crippen molar-refractivity contribution in [1.29, 1.82) is 0 Å². The summed E-state index contributed by atoms with van der Waals surface area (Å²) in [5.74, 6) is 0.262. The Hall–Kier alpha value is -0.210. The first-order chi connectivity index (χ1) is 7.97. The van der Waals surface area contributed by atoms with Gasteiger partial charge in [0.2, 0.25) is 0 Å². The van der Waals surface area contributed by atoms with E-state index in [1.165, 1.54) is 0 Å². The molecule has 6 nitrogen and oxygen atoms in total. The Morgan fingerprint density at radius 2 is 1.82 bits per heavy atom. The molecule has 4 N–H and O–H groups in total. The van der Waals surface area contributed by atoms with E-state index < -0.39 is 30.7 Å². The van der Waals surface area contributed by atoms with Gasteiger partial charge < -0.3 is 29.9 Å². The van der Waals surface area contributed by atoms with Gasteiger partial charge in [-0.05, 0) is 5.57 Å². The summed E-state index contributed by atoms with van der Waals surface area (Å²) in [7, 11) is 0. The van der Waals surface area contributed by atoms with Crippen LogP contribution in [0.5, 0.6) is 0 Å². The van der Waals surface area contributed by atoms with Crippen molar-refractivity contribution in [3.8, 4) is 0 Å². The molecular weight excluding hydrogens is 252 g/mol. The molecule has 0 amide bonds. The van der Waals surface area contributed by atoms with E-state index in [0.29, 0.717) is 5.57 Å². The maximum absolute atomic E-state index is 9.57. The Balaban J connectivity index is 2.40. The second kappa shape index (κ2) is 6.65. The van der Waals surface area contributed by atoms with E-state index in [1.807, 2.05) is 0 Å². The molecule has 0 aromatic carbocycles. The highest BCUT2D eigenvalue weighted by molar-refractivity contribution is 6.19. The van der Waals surface area contributed by atoms with Crippen LogP contribution in [-0.4, -0.2) is 70.2 Å². The first-order valence-corrected chi connectivity index (χ1v) is 5.69. The molecule has 100 valence electrons. The van der Waals surface area contributed by atoms with Crippen LogP contribution < -0.4 is 0 Å². The van der Waals surface area contributed by atoms with Gasteiger partial charge in [0.25, 0.3) is 0 Å². The lowest BCUT2D eigenvalue weighted by molar-refractivity contribution is -0.288. The van der Waals surface area contributed by atoms with Gasteiger partial charge in [-0.2, -0.15) is 0 Å². The molecule has 1 rings (SSSR count). The Morgan fingerprint density at radius 3 is 2.41 bits per heavy atom. The van der Waals surface area contributed by atoms with Gasteiger partial charge in [-0.15, -0.1) is 11.6 Å². The zero-order chi connectivity index (χ0) is 13.0. The summed E-state index contributed by atoms with van der Waals surface area (Å²) in [5.41, 5.74) is 0.665. The zero-order valence-corrected chi connectivity index (χ0v) is 9.95. The molecule has 1 saturated heterocycles. The van der Waals surface area contributed by atoms with Gasteiger partial charge in [0.15, 0.2) is 6.29 Å². The summed E-state index contributed by atoms with van der Waals surface area (Å²) in [5, 5.41) is 37.5.